The van der Waals surface area contributed by atoms with Crippen molar-refractivity contribution < 1.29 is 4.79 Å². The number of hydrogen-bond acceptors (Lipinski definition) is 2. The molecule has 0 aliphatic heterocycles. The van der Waals surface area contributed by atoms with E-state index in [1.807, 2.05) is 0 Å². The molecule has 0 bridgehead atoms. The number of primary amides is 1. The van der Waals surface area contributed by atoms with Gasteiger partial charge < -0.3 is 11.1 Å². The van der Waals surface area contributed by atoms with Crippen LogP contribution in [0.3, 0.4) is 0 Å². The van der Waals surface area contributed by atoms with E-state index in [4.69, 9.17) is 5.73 Å². The lowest BCUT2D eigenvalue weighted by Gasteiger charge is -2.27. The fourth-order valence-corrected chi connectivity index (χ4v) is 0.573. The molecule has 0 aromatic rings. The largest absolute Gasteiger partial charge is 0.368 e. The van der Waals surface area contributed by atoms with Gasteiger partial charge in [0.05, 0.1) is 5.54 Å². The minimum absolute atomic E-state index is 0.173. The second-order valence-corrected chi connectivity index (χ2v) is 4.90. The highest BCUT2D eigenvalue weighted by molar-refractivity contribution is 5.83. The Hall–Kier alpha value is -0.570. The number of rotatable bonds is 3. The average molecular weight is 172 g/mol. The number of carbonyl (C=O) groups excluding carboxylic acids is 1. The zero-order chi connectivity index (χ0) is 9.99. The van der Waals surface area contributed by atoms with Gasteiger partial charge in [0.1, 0.15) is 0 Å². The normalized spacial score (nSPS) is 13.1. The number of amides is 1. The third kappa shape index (κ3) is 4.34. The topological polar surface area (TPSA) is 55.1 Å². The lowest BCUT2D eigenvalue weighted by atomic mass is 9.94. The van der Waals surface area contributed by atoms with Crippen LogP contribution in [0.5, 0.6) is 0 Å². The number of nitrogens with two attached hydrogens (primary N) is 1. The molecule has 0 spiro atoms. The zero-order valence-corrected chi connectivity index (χ0v) is 8.69. The highest BCUT2D eigenvalue weighted by Gasteiger charge is 2.25. The quantitative estimate of drug-likeness (QED) is 0.664. The Morgan fingerprint density at radius 2 is 1.67 bits per heavy atom. The van der Waals surface area contributed by atoms with Gasteiger partial charge in [-0.15, -0.1) is 0 Å². The lowest BCUT2D eigenvalue weighted by Crippen LogP contribution is -2.52. The van der Waals surface area contributed by atoms with Crippen LogP contribution in [0.15, 0.2) is 0 Å². The maximum atomic E-state index is 10.9. The Morgan fingerprint density at radius 1 is 1.25 bits per heavy atom. The van der Waals surface area contributed by atoms with Crippen molar-refractivity contribution in [1.29, 1.82) is 0 Å². The van der Waals surface area contributed by atoms with E-state index in [1.165, 1.54) is 0 Å². The Labute approximate surface area is 74.7 Å². The smallest absolute Gasteiger partial charge is 0.237 e. The molecular formula is C9H20N2O. The van der Waals surface area contributed by atoms with Crippen molar-refractivity contribution in [1.82, 2.24) is 5.32 Å². The predicted octanol–water partition coefficient (Wildman–Crippen LogP) is 0.886. The minimum Gasteiger partial charge on any atom is -0.368 e. The van der Waals surface area contributed by atoms with E-state index in [1.54, 1.807) is 13.8 Å². The Kier molecular flexibility index (Phi) is 3.27. The Balaban J connectivity index is 4.01. The van der Waals surface area contributed by atoms with Crippen LogP contribution in [0, 0.1) is 5.41 Å². The Morgan fingerprint density at radius 3 is 1.92 bits per heavy atom. The van der Waals surface area contributed by atoms with Gasteiger partial charge in [0.25, 0.3) is 0 Å². The molecule has 12 heavy (non-hydrogen) atoms. The third-order valence-electron chi connectivity index (χ3n) is 1.68. The molecule has 0 rings (SSSR count). The summed E-state index contributed by atoms with van der Waals surface area (Å²) in [5, 5.41) is 3.12. The van der Waals surface area contributed by atoms with E-state index >= 15 is 0 Å². The van der Waals surface area contributed by atoms with Gasteiger partial charge in [-0.3, -0.25) is 4.79 Å². The molecule has 0 aromatic heterocycles. The van der Waals surface area contributed by atoms with Crippen molar-refractivity contribution in [3.8, 4) is 0 Å². The molecule has 72 valence electrons. The summed E-state index contributed by atoms with van der Waals surface area (Å²) in [6.07, 6.45) is 0. The number of carbonyl (C=O) groups is 1. The van der Waals surface area contributed by atoms with Gasteiger partial charge in [-0.2, -0.15) is 0 Å². The molecule has 3 nitrogen and oxygen atoms in total. The fourth-order valence-electron chi connectivity index (χ4n) is 0.573. The molecule has 0 fully saturated rings. The van der Waals surface area contributed by atoms with Crippen LogP contribution in [0.2, 0.25) is 0 Å². The number of hydrogen-bond donors (Lipinski definition) is 2. The highest BCUT2D eigenvalue weighted by atomic mass is 16.1. The minimum atomic E-state index is -0.604. The van der Waals surface area contributed by atoms with Crippen molar-refractivity contribution in [2.75, 3.05) is 6.54 Å². The van der Waals surface area contributed by atoms with Crippen LogP contribution in [-0.2, 0) is 4.79 Å². The molecule has 0 heterocycles. The van der Waals surface area contributed by atoms with Crippen LogP contribution in [0.1, 0.15) is 34.6 Å². The summed E-state index contributed by atoms with van der Waals surface area (Å²) in [5.41, 5.74) is 4.77. The maximum Gasteiger partial charge on any atom is 0.237 e. The molecule has 0 aliphatic rings. The van der Waals surface area contributed by atoms with Gasteiger partial charge in [-0.25, -0.2) is 0 Å². The van der Waals surface area contributed by atoms with Crippen LogP contribution in [0.4, 0.5) is 0 Å². The molecule has 0 atom stereocenters. The molecule has 3 heteroatoms. The summed E-state index contributed by atoms with van der Waals surface area (Å²) in [5.74, 6) is -0.313. The van der Waals surface area contributed by atoms with E-state index in [0.29, 0.717) is 0 Å². The van der Waals surface area contributed by atoms with Crippen LogP contribution in [-0.4, -0.2) is 18.0 Å². The van der Waals surface area contributed by atoms with Gasteiger partial charge in [-0.05, 0) is 19.3 Å². The molecule has 3 N–H and O–H groups in total. The van der Waals surface area contributed by atoms with Gasteiger partial charge in [0.15, 0.2) is 0 Å². The van der Waals surface area contributed by atoms with Gasteiger partial charge in [0.2, 0.25) is 5.91 Å². The highest BCUT2D eigenvalue weighted by Crippen LogP contribution is 2.12. The molecule has 0 radical (unpaired) electrons. The molecule has 0 unspecified atom stereocenters. The predicted molar refractivity (Wildman–Crippen MR) is 50.7 cm³/mol. The lowest BCUT2D eigenvalue weighted by molar-refractivity contribution is -0.123. The first-order valence-corrected chi connectivity index (χ1v) is 4.20. The average Bonchev–Trinajstić information content (AvgIpc) is 1.82. The van der Waals surface area contributed by atoms with Crippen molar-refractivity contribution in [2.24, 2.45) is 11.1 Å². The summed E-state index contributed by atoms with van der Waals surface area (Å²) in [7, 11) is 0. The van der Waals surface area contributed by atoms with Gasteiger partial charge in [-0.1, -0.05) is 20.8 Å². The van der Waals surface area contributed by atoms with Crippen molar-refractivity contribution >= 4 is 5.91 Å². The first-order chi connectivity index (χ1) is 5.15. The van der Waals surface area contributed by atoms with Crippen molar-refractivity contribution in [3.63, 3.8) is 0 Å². The van der Waals surface area contributed by atoms with E-state index in [0.717, 1.165) is 6.54 Å². The molecule has 0 saturated heterocycles. The van der Waals surface area contributed by atoms with Crippen LogP contribution >= 0.6 is 0 Å². The van der Waals surface area contributed by atoms with Crippen molar-refractivity contribution in [2.45, 2.75) is 40.2 Å². The standard InChI is InChI=1S/C9H20N2O/c1-8(2,3)6-11-9(4,5)7(10)12/h11H,6H2,1-5H3,(H2,10,12). The van der Waals surface area contributed by atoms with E-state index in [9.17, 15) is 4.79 Å². The van der Waals surface area contributed by atoms with E-state index in [-0.39, 0.29) is 11.3 Å². The summed E-state index contributed by atoms with van der Waals surface area (Å²) in [4.78, 5) is 10.9. The number of nitrogens with one attached hydrogen (secondary N) is 1. The molecule has 0 saturated carbocycles. The van der Waals surface area contributed by atoms with Crippen molar-refractivity contribution in [3.05, 3.63) is 0 Å². The van der Waals surface area contributed by atoms with Crippen LogP contribution < -0.4 is 11.1 Å². The SMILES string of the molecule is CC(C)(C)CNC(C)(C)C(N)=O. The molecular weight excluding hydrogens is 152 g/mol. The first kappa shape index (κ1) is 11.4. The fraction of sp³-hybridized carbons (Fsp3) is 0.889. The van der Waals surface area contributed by atoms with E-state index < -0.39 is 5.54 Å². The van der Waals surface area contributed by atoms with Gasteiger partial charge in [0, 0.05) is 6.54 Å². The monoisotopic (exact) mass is 172 g/mol. The summed E-state index contributed by atoms with van der Waals surface area (Å²) >= 11 is 0. The Bertz CT molecular complexity index is 168. The van der Waals surface area contributed by atoms with Crippen LogP contribution in [0.25, 0.3) is 0 Å². The van der Waals surface area contributed by atoms with Gasteiger partial charge >= 0.3 is 0 Å². The van der Waals surface area contributed by atoms with E-state index in [2.05, 4.69) is 26.1 Å². The second kappa shape index (κ2) is 3.44. The zero-order valence-electron chi connectivity index (χ0n) is 8.69. The molecule has 0 aromatic carbocycles. The maximum absolute atomic E-state index is 10.9. The first-order valence-electron chi connectivity index (χ1n) is 4.20. The molecule has 0 aliphatic carbocycles. The summed E-state index contributed by atoms with van der Waals surface area (Å²) in [6.45, 7) is 10.7. The molecule has 1 amide bonds. The summed E-state index contributed by atoms with van der Waals surface area (Å²) < 4.78 is 0. The third-order valence-corrected chi connectivity index (χ3v) is 1.68. The summed E-state index contributed by atoms with van der Waals surface area (Å²) in [6, 6.07) is 0. The second-order valence-electron chi connectivity index (χ2n) is 4.90.